The quantitative estimate of drug-likeness (QED) is 0.766. The number of aryl methyl sites for hydroxylation is 1. The van der Waals surface area contributed by atoms with Crippen molar-refractivity contribution in [2.45, 2.75) is 6.04 Å². The summed E-state index contributed by atoms with van der Waals surface area (Å²) < 4.78 is 1.64. The first-order valence-corrected chi connectivity index (χ1v) is 5.74. The summed E-state index contributed by atoms with van der Waals surface area (Å²) in [6.45, 7) is 0. The number of amides is 1. The molecule has 0 fully saturated rings. The SMILES string of the molecule is Cn1cc(C2Nc3nc(Cl)ccc3NC2=O)cn1. The van der Waals surface area contributed by atoms with Crippen molar-refractivity contribution in [1.29, 1.82) is 0 Å². The first-order chi connectivity index (χ1) is 8.63. The van der Waals surface area contributed by atoms with Gasteiger partial charge in [-0.2, -0.15) is 5.10 Å². The Morgan fingerprint density at radius 1 is 1.44 bits per heavy atom. The average Bonchev–Trinajstić information content (AvgIpc) is 2.75. The van der Waals surface area contributed by atoms with Gasteiger partial charge in [0, 0.05) is 18.8 Å². The fourth-order valence-corrected chi connectivity index (χ4v) is 2.02. The number of rotatable bonds is 1. The Morgan fingerprint density at radius 2 is 2.28 bits per heavy atom. The van der Waals surface area contributed by atoms with Crippen LogP contribution in [0.1, 0.15) is 11.6 Å². The van der Waals surface area contributed by atoms with Crippen LogP contribution < -0.4 is 10.6 Å². The van der Waals surface area contributed by atoms with Gasteiger partial charge in [-0.05, 0) is 12.1 Å². The van der Waals surface area contributed by atoms with Crippen LogP contribution in [0.15, 0.2) is 24.5 Å². The summed E-state index contributed by atoms with van der Waals surface area (Å²) in [6, 6.07) is 2.85. The van der Waals surface area contributed by atoms with Crippen molar-refractivity contribution in [1.82, 2.24) is 14.8 Å². The average molecular weight is 264 g/mol. The lowest BCUT2D eigenvalue weighted by Gasteiger charge is -2.25. The molecule has 0 radical (unpaired) electrons. The summed E-state index contributed by atoms with van der Waals surface area (Å²) in [5.74, 6) is 0.426. The van der Waals surface area contributed by atoms with Crippen LogP contribution in [0.4, 0.5) is 11.5 Å². The third kappa shape index (κ3) is 1.80. The molecule has 1 unspecified atom stereocenters. The van der Waals surface area contributed by atoms with E-state index < -0.39 is 6.04 Å². The molecule has 2 aromatic rings. The molecule has 0 aliphatic carbocycles. The number of carbonyl (C=O) groups excluding carboxylic acids is 1. The zero-order chi connectivity index (χ0) is 12.7. The Kier molecular flexibility index (Phi) is 2.45. The van der Waals surface area contributed by atoms with Gasteiger partial charge in [0.2, 0.25) is 0 Å². The van der Waals surface area contributed by atoms with Gasteiger partial charge in [0.1, 0.15) is 11.2 Å². The second-order valence-electron chi connectivity index (χ2n) is 4.04. The van der Waals surface area contributed by atoms with Gasteiger partial charge in [-0.25, -0.2) is 4.98 Å². The monoisotopic (exact) mass is 263 g/mol. The van der Waals surface area contributed by atoms with Crippen LogP contribution in [-0.4, -0.2) is 20.7 Å². The first kappa shape index (κ1) is 11.0. The molecule has 6 nitrogen and oxygen atoms in total. The Labute approximate surface area is 108 Å². The van der Waals surface area contributed by atoms with Gasteiger partial charge in [0.25, 0.3) is 5.91 Å². The molecule has 2 aromatic heterocycles. The van der Waals surface area contributed by atoms with Crippen molar-refractivity contribution in [3.63, 3.8) is 0 Å². The van der Waals surface area contributed by atoms with Crippen molar-refractivity contribution < 1.29 is 4.79 Å². The van der Waals surface area contributed by atoms with Gasteiger partial charge in [0.05, 0.1) is 11.9 Å². The van der Waals surface area contributed by atoms with Crippen molar-refractivity contribution in [2.24, 2.45) is 7.05 Å². The van der Waals surface area contributed by atoms with E-state index in [9.17, 15) is 4.79 Å². The molecule has 0 saturated heterocycles. The van der Waals surface area contributed by atoms with E-state index in [0.717, 1.165) is 5.56 Å². The van der Waals surface area contributed by atoms with E-state index in [0.29, 0.717) is 16.7 Å². The number of nitrogens with one attached hydrogen (secondary N) is 2. The third-order valence-electron chi connectivity index (χ3n) is 2.72. The van der Waals surface area contributed by atoms with Crippen molar-refractivity contribution in [2.75, 3.05) is 10.6 Å². The highest BCUT2D eigenvalue weighted by Gasteiger charge is 2.28. The molecule has 0 spiro atoms. The molecule has 0 aromatic carbocycles. The van der Waals surface area contributed by atoms with Crippen LogP contribution in [0.3, 0.4) is 0 Å². The Hall–Kier alpha value is -2.08. The molecular weight excluding hydrogens is 254 g/mol. The summed E-state index contributed by atoms with van der Waals surface area (Å²) in [6.07, 6.45) is 3.43. The number of hydrogen-bond donors (Lipinski definition) is 2. The lowest BCUT2D eigenvalue weighted by molar-refractivity contribution is -0.117. The van der Waals surface area contributed by atoms with E-state index in [1.165, 1.54) is 0 Å². The Morgan fingerprint density at radius 3 is 3.00 bits per heavy atom. The predicted octanol–water partition coefficient (Wildman–Crippen LogP) is 1.57. The van der Waals surface area contributed by atoms with E-state index in [2.05, 4.69) is 20.7 Å². The minimum Gasteiger partial charge on any atom is -0.353 e. The van der Waals surface area contributed by atoms with Crippen molar-refractivity contribution >= 4 is 29.0 Å². The van der Waals surface area contributed by atoms with Gasteiger partial charge in [0.15, 0.2) is 5.82 Å². The maximum Gasteiger partial charge on any atom is 0.251 e. The number of halogens is 1. The molecular formula is C11H10ClN5O. The molecule has 1 amide bonds. The van der Waals surface area contributed by atoms with Gasteiger partial charge < -0.3 is 10.6 Å². The fourth-order valence-electron chi connectivity index (χ4n) is 1.88. The van der Waals surface area contributed by atoms with Crippen LogP contribution >= 0.6 is 11.6 Å². The number of nitrogens with zero attached hydrogens (tertiary/aromatic N) is 3. The largest absolute Gasteiger partial charge is 0.353 e. The van der Waals surface area contributed by atoms with E-state index in [1.807, 2.05) is 0 Å². The number of aromatic nitrogens is 3. The Bertz CT molecular complexity index is 624. The second-order valence-corrected chi connectivity index (χ2v) is 4.43. The van der Waals surface area contributed by atoms with Gasteiger partial charge in [-0.1, -0.05) is 11.6 Å². The molecule has 1 aliphatic rings. The normalized spacial score (nSPS) is 17.9. The van der Waals surface area contributed by atoms with E-state index in [-0.39, 0.29) is 5.91 Å². The highest BCUT2D eigenvalue weighted by Crippen LogP contribution is 2.31. The summed E-state index contributed by atoms with van der Waals surface area (Å²) >= 11 is 5.83. The molecule has 3 rings (SSSR count). The fraction of sp³-hybridized carbons (Fsp3) is 0.182. The lowest BCUT2D eigenvalue weighted by Crippen LogP contribution is -2.32. The first-order valence-electron chi connectivity index (χ1n) is 5.36. The molecule has 2 N–H and O–H groups in total. The molecule has 1 atom stereocenters. The summed E-state index contributed by atoms with van der Waals surface area (Å²) in [7, 11) is 1.80. The molecule has 3 heterocycles. The van der Waals surface area contributed by atoms with E-state index in [1.54, 1.807) is 36.3 Å². The second kappa shape index (κ2) is 3.99. The maximum atomic E-state index is 12.0. The highest BCUT2D eigenvalue weighted by molar-refractivity contribution is 6.29. The number of fused-ring (bicyclic) bond motifs is 1. The zero-order valence-corrected chi connectivity index (χ0v) is 10.3. The Balaban J connectivity index is 1.98. The molecule has 0 saturated carbocycles. The van der Waals surface area contributed by atoms with Crippen LogP contribution in [0.5, 0.6) is 0 Å². The number of pyridine rings is 1. The minimum absolute atomic E-state index is 0.139. The maximum absolute atomic E-state index is 12.0. The molecule has 1 aliphatic heterocycles. The highest BCUT2D eigenvalue weighted by atomic mass is 35.5. The van der Waals surface area contributed by atoms with Crippen LogP contribution in [-0.2, 0) is 11.8 Å². The van der Waals surface area contributed by atoms with Crippen LogP contribution in [0.25, 0.3) is 0 Å². The van der Waals surface area contributed by atoms with Gasteiger partial charge in [-0.3, -0.25) is 9.48 Å². The van der Waals surface area contributed by atoms with Gasteiger partial charge in [-0.15, -0.1) is 0 Å². The standard InChI is InChI=1S/C11H10ClN5O/c1-17-5-6(4-13-17)9-11(18)14-7-2-3-8(12)15-10(7)16-9/h2-5,9H,1H3,(H,14,18)(H,15,16). The number of carbonyl (C=O) groups is 1. The van der Waals surface area contributed by atoms with Gasteiger partial charge >= 0.3 is 0 Å². The predicted molar refractivity (Wildman–Crippen MR) is 67.4 cm³/mol. The lowest BCUT2D eigenvalue weighted by atomic mass is 10.1. The van der Waals surface area contributed by atoms with Crippen LogP contribution in [0.2, 0.25) is 5.15 Å². The minimum atomic E-state index is -0.503. The third-order valence-corrected chi connectivity index (χ3v) is 2.93. The van der Waals surface area contributed by atoms with E-state index >= 15 is 0 Å². The molecule has 92 valence electrons. The topological polar surface area (TPSA) is 71.8 Å². The summed E-state index contributed by atoms with van der Waals surface area (Å²) in [5, 5.41) is 10.3. The summed E-state index contributed by atoms with van der Waals surface area (Å²) in [4.78, 5) is 16.1. The van der Waals surface area contributed by atoms with Crippen molar-refractivity contribution in [3.05, 3.63) is 35.2 Å². The summed E-state index contributed by atoms with van der Waals surface area (Å²) in [5.41, 5.74) is 1.41. The van der Waals surface area contributed by atoms with Crippen LogP contribution in [0, 0.1) is 0 Å². The molecule has 7 heteroatoms. The van der Waals surface area contributed by atoms with Crippen molar-refractivity contribution in [3.8, 4) is 0 Å². The van der Waals surface area contributed by atoms with E-state index in [4.69, 9.17) is 11.6 Å². The number of anilines is 2. The zero-order valence-electron chi connectivity index (χ0n) is 9.51. The molecule has 18 heavy (non-hydrogen) atoms. The molecule has 0 bridgehead atoms. The number of hydrogen-bond acceptors (Lipinski definition) is 4. The smallest absolute Gasteiger partial charge is 0.251 e.